The van der Waals surface area contributed by atoms with Gasteiger partial charge in [-0.3, -0.25) is 0 Å². The lowest BCUT2D eigenvalue weighted by Crippen LogP contribution is -2.63. The summed E-state index contributed by atoms with van der Waals surface area (Å²) in [7, 11) is -14.2. The molecule has 0 spiro atoms. The van der Waals surface area contributed by atoms with Crippen LogP contribution in [-0.4, -0.2) is 46.6 Å². The molecule has 0 aliphatic heterocycles. The number of rotatable bonds is 4. The maximum absolute atomic E-state index is 13.0. The van der Waals surface area contributed by atoms with Crippen LogP contribution in [0.3, 0.4) is 0 Å². The second-order valence-electron chi connectivity index (χ2n) is 5.91. The topological polar surface area (TPSA) is 68.3 Å². The van der Waals surface area contributed by atoms with Gasteiger partial charge in [0.1, 0.15) is 0 Å². The molecule has 0 aromatic carbocycles. The lowest BCUT2D eigenvalue weighted by atomic mass is 9.88. The molecule has 31 heavy (non-hydrogen) atoms. The molecule has 0 fully saturated rings. The van der Waals surface area contributed by atoms with Gasteiger partial charge in [-0.05, 0) is 12.0 Å². The number of hydrogen-bond donors (Lipinski definition) is 0. The van der Waals surface area contributed by atoms with Crippen molar-refractivity contribution in [2.24, 2.45) is 5.41 Å². The monoisotopic (exact) mass is 520 g/mol. The highest BCUT2D eigenvalue weighted by atomic mass is 32.3. The molecule has 180 valence electrons. The third-order valence-corrected chi connectivity index (χ3v) is 8.25. The van der Waals surface area contributed by atoms with Crippen molar-refractivity contribution in [3.8, 4) is 0 Å². The van der Waals surface area contributed by atoms with Crippen molar-refractivity contribution in [1.82, 2.24) is 0 Å². The van der Waals surface area contributed by atoms with E-state index in [2.05, 4.69) is 0 Å². The molecule has 1 aliphatic rings. The van der Waals surface area contributed by atoms with Crippen LogP contribution in [-0.2, 0) is 19.7 Å². The maximum Gasteiger partial charge on any atom is 0.502 e. The van der Waals surface area contributed by atoms with Crippen molar-refractivity contribution in [2.45, 2.75) is 30.5 Å². The summed E-state index contributed by atoms with van der Waals surface area (Å²) in [6.45, 7) is 0. The zero-order valence-corrected chi connectivity index (χ0v) is 15.8. The Labute approximate surface area is 165 Å². The Morgan fingerprint density at radius 1 is 0.742 bits per heavy atom. The summed E-state index contributed by atoms with van der Waals surface area (Å²) in [5, 5.41) is 0. The average molecular weight is 520 g/mol. The van der Waals surface area contributed by atoms with Gasteiger partial charge in [-0.1, -0.05) is 24.3 Å². The van der Waals surface area contributed by atoms with Crippen LogP contribution in [0.5, 0.6) is 0 Å². The summed E-state index contributed by atoms with van der Waals surface area (Å²) >= 11 is 0. The van der Waals surface area contributed by atoms with Crippen LogP contribution >= 0.6 is 0 Å². The van der Waals surface area contributed by atoms with Crippen molar-refractivity contribution in [2.75, 3.05) is 5.75 Å². The highest BCUT2D eigenvalue weighted by Gasteiger charge is 2.85. The van der Waals surface area contributed by atoms with Gasteiger partial charge in [0.2, 0.25) is 0 Å². The van der Waals surface area contributed by atoms with Crippen LogP contribution in [0, 0.1) is 5.41 Å². The first-order chi connectivity index (χ1) is 13.4. The van der Waals surface area contributed by atoms with Crippen LogP contribution in [0.4, 0.5) is 52.7 Å². The van der Waals surface area contributed by atoms with Crippen LogP contribution in [0.15, 0.2) is 34.1 Å². The molecule has 0 atom stereocenters. The zero-order valence-electron chi connectivity index (χ0n) is 14.2. The molecule has 0 saturated carbocycles. The third kappa shape index (κ3) is 4.73. The SMILES string of the molecule is O=S(=O)(CC(C(F)(F)F)(C(F)(F)F)C(F)(F)F)/C(=C1/C=CC=CC1)S(=O)(=O)C(F)(F)F. The number of alkyl halides is 12. The minimum atomic E-state index is -7.43. The van der Waals surface area contributed by atoms with Crippen LogP contribution in [0.2, 0.25) is 0 Å². The molecule has 0 unspecified atom stereocenters. The van der Waals surface area contributed by atoms with Gasteiger partial charge in [-0.15, -0.1) is 0 Å². The van der Waals surface area contributed by atoms with E-state index in [4.69, 9.17) is 0 Å². The minimum absolute atomic E-state index is 0.284. The predicted molar refractivity (Wildman–Crippen MR) is 79.3 cm³/mol. The molecule has 4 nitrogen and oxygen atoms in total. The van der Waals surface area contributed by atoms with Crippen LogP contribution < -0.4 is 0 Å². The molecule has 0 heterocycles. The van der Waals surface area contributed by atoms with Gasteiger partial charge in [0.05, 0.1) is 5.75 Å². The summed E-state index contributed by atoms with van der Waals surface area (Å²) in [4.78, 5) is 0. The standard InChI is InChI=1S/C13H8F12O4S2/c14-10(15,16)9(11(17,18)19,12(20,21)22)6-30(26,27)8(7-4-2-1-3-5-7)31(28,29)13(23,24)25/h1-4H,5-6H2/b8-7+. The van der Waals surface area contributed by atoms with Gasteiger partial charge in [-0.25, -0.2) is 16.8 Å². The van der Waals surface area contributed by atoms with E-state index in [1.54, 1.807) is 0 Å². The zero-order chi connectivity index (χ0) is 24.9. The first-order valence-corrected chi connectivity index (χ1v) is 10.4. The Bertz CT molecular complexity index is 967. The van der Waals surface area contributed by atoms with Crippen LogP contribution in [0.1, 0.15) is 6.42 Å². The molecule has 0 aromatic heterocycles. The highest BCUT2D eigenvalue weighted by Crippen LogP contribution is 2.60. The summed E-state index contributed by atoms with van der Waals surface area (Å²) in [5.74, 6) is -4.11. The summed E-state index contributed by atoms with van der Waals surface area (Å²) in [6, 6.07) is 0. The van der Waals surface area contributed by atoms with Gasteiger partial charge in [-0.2, -0.15) is 52.7 Å². The fraction of sp³-hybridized carbons (Fsp3) is 0.538. The lowest BCUT2D eigenvalue weighted by Gasteiger charge is -2.38. The molecule has 0 N–H and O–H groups in total. The molecule has 0 radical (unpaired) electrons. The summed E-state index contributed by atoms with van der Waals surface area (Å²) < 4.78 is 201. The molecule has 0 bridgehead atoms. The van der Waals surface area contributed by atoms with Crippen molar-refractivity contribution in [3.63, 3.8) is 0 Å². The quantitative estimate of drug-likeness (QED) is 0.503. The van der Waals surface area contributed by atoms with E-state index in [1.165, 1.54) is 0 Å². The number of halogens is 12. The smallest absolute Gasteiger partial charge is 0.223 e. The minimum Gasteiger partial charge on any atom is -0.223 e. The Morgan fingerprint density at radius 2 is 1.16 bits per heavy atom. The molecule has 18 heteroatoms. The highest BCUT2D eigenvalue weighted by molar-refractivity contribution is 8.14. The first kappa shape index (κ1) is 27.3. The van der Waals surface area contributed by atoms with Gasteiger partial charge in [0.15, 0.2) is 14.1 Å². The van der Waals surface area contributed by atoms with Gasteiger partial charge in [0.25, 0.3) is 15.3 Å². The molecule has 0 saturated heterocycles. The number of allylic oxidation sites excluding steroid dienone is 5. The van der Waals surface area contributed by atoms with E-state index in [1.807, 2.05) is 0 Å². The van der Waals surface area contributed by atoms with E-state index in [9.17, 15) is 69.5 Å². The lowest BCUT2D eigenvalue weighted by molar-refractivity contribution is -0.418. The van der Waals surface area contributed by atoms with E-state index in [0.717, 1.165) is 12.2 Å². The first-order valence-electron chi connectivity index (χ1n) is 7.24. The molecular weight excluding hydrogens is 512 g/mol. The predicted octanol–water partition coefficient (Wildman–Crippen LogP) is 4.74. The van der Waals surface area contributed by atoms with Crippen molar-refractivity contribution in [3.05, 3.63) is 34.1 Å². The van der Waals surface area contributed by atoms with Crippen molar-refractivity contribution >= 4 is 19.7 Å². The normalized spacial score (nSPS) is 19.0. The van der Waals surface area contributed by atoms with E-state index in [-0.39, 0.29) is 6.08 Å². The number of sulfone groups is 2. The van der Waals surface area contributed by atoms with Crippen LogP contribution in [0.25, 0.3) is 0 Å². The van der Waals surface area contributed by atoms with E-state index in [0.29, 0.717) is 6.08 Å². The molecule has 1 rings (SSSR count). The van der Waals surface area contributed by atoms with E-state index >= 15 is 0 Å². The average Bonchev–Trinajstić information content (AvgIpc) is 2.48. The third-order valence-electron chi connectivity index (χ3n) is 3.83. The fourth-order valence-electron chi connectivity index (χ4n) is 2.39. The molecule has 1 aliphatic carbocycles. The Hall–Kier alpha value is -1.72. The fourth-order valence-corrected chi connectivity index (χ4v) is 6.63. The number of hydrogen-bond acceptors (Lipinski definition) is 4. The second kappa shape index (κ2) is 7.70. The Balaban J connectivity index is 4.04. The van der Waals surface area contributed by atoms with E-state index < -0.39 is 71.1 Å². The Kier molecular flexibility index (Phi) is 6.78. The molecule has 0 aromatic rings. The second-order valence-corrected chi connectivity index (χ2v) is 9.97. The summed E-state index contributed by atoms with van der Waals surface area (Å²) in [5.41, 5.74) is -15.1. The largest absolute Gasteiger partial charge is 0.502 e. The van der Waals surface area contributed by atoms with Crippen molar-refractivity contribution < 1.29 is 69.5 Å². The van der Waals surface area contributed by atoms with Gasteiger partial charge in [0, 0.05) is 0 Å². The maximum atomic E-state index is 13.0. The van der Waals surface area contributed by atoms with Crippen molar-refractivity contribution in [1.29, 1.82) is 0 Å². The van der Waals surface area contributed by atoms with Gasteiger partial charge < -0.3 is 0 Å². The molecular formula is C13H8F12O4S2. The molecule has 0 amide bonds. The Morgan fingerprint density at radius 3 is 1.45 bits per heavy atom. The summed E-state index contributed by atoms with van der Waals surface area (Å²) in [6.07, 6.45) is -20.7. The van der Waals surface area contributed by atoms with Gasteiger partial charge >= 0.3 is 24.0 Å².